The molecule has 3 aromatic heterocycles. The van der Waals surface area contributed by atoms with Crippen LogP contribution in [-0.2, 0) is 4.79 Å². The molecular formula is C20H21N3O5. The Morgan fingerprint density at radius 3 is 2.64 bits per heavy atom. The van der Waals surface area contributed by atoms with Gasteiger partial charge in [0.25, 0.3) is 11.6 Å². The van der Waals surface area contributed by atoms with E-state index < -0.39 is 17.9 Å². The van der Waals surface area contributed by atoms with Crippen LogP contribution >= 0.6 is 0 Å². The molecule has 1 amide bonds. The molecule has 28 heavy (non-hydrogen) atoms. The van der Waals surface area contributed by atoms with E-state index in [1.165, 1.54) is 0 Å². The monoisotopic (exact) mass is 383 g/mol. The van der Waals surface area contributed by atoms with E-state index in [0.29, 0.717) is 40.4 Å². The smallest absolute Gasteiger partial charge is 0.326 e. The van der Waals surface area contributed by atoms with Gasteiger partial charge in [0, 0.05) is 5.56 Å². The van der Waals surface area contributed by atoms with Gasteiger partial charge in [-0.1, -0.05) is 18.0 Å². The molecular weight excluding hydrogens is 362 g/mol. The average Bonchev–Trinajstić information content (AvgIpc) is 3.29. The summed E-state index contributed by atoms with van der Waals surface area (Å²) < 4.78 is 10.9. The predicted molar refractivity (Wildman–Crippen MR) is 99.9 cm³/mol. The summed E-state index contributed by atoms with van der Waals surface area (Å²) in [5, 5.41) is 16.5. The highest BCUT2D eigenvalue weighted by Gasteiger charge is 2.31. The number of rotatable bonds is 6. The number of pyridine rings is 1. The van der Waals surface area contributed by atoms with Gasteiger partial charge in [-0.3, -0.25) is 4.79 Å². The Bertz CT molecular complexity index is 1080. The predicted octanol–water partition coefficient (Wildman–Crippen LogP) is 3.39. The second-order valence-corrected chi connectivity index (χ2v) is 7.37. The third kappa shape index (κ3) is 3.37. The maximum Gasteiger partial charge on any atom is 0.326 e. The molecule has 3 heterocycles. The molecule has 0 spiro atoms. The quantitative estimate of drug-likeness (QED) is 0.669. The second kappa shape index (κ2) is 6.78. The fourth-order valence-electron chi connectivity index (χ4n) is 3.44. The Morgan fingerprint density at radius 1 is 1.29 bits per heavy atom. The summed E-state index contributed by atoms with van der Waals surface area (Å²) in [7, 11) is 0. The molecule has 0 bridgehead atoms. The minimum Gasteiger partial charge on any atom is -0.480 e. The molecule has 1 unspecified atom stereocenters. The molecule has 1 saturated carbocycles. The van der Waals surface area contributed by atoms with E-state index >= 15 is 0 Å². The van der Waals surface area contributed by atoms with Crippen LogP contribution in [0.2, 0.25) is 0 Å². The van der Waals surface area contributed by atoms with Crippen molar-refractivity contribution in [3.63, 3.8) is 0 Å². The highest BCUT2D eigenvalue weighted by atomic mass is 16.5. The number of furan rings is 1. The summed E-state index contributed by atoms with van der Waals surface area (Å²) in [6.07, 6.45) is 2.45. The fraction of sp³-hybridized carbons (Fsp3) is 0.400. The van der Waals surface area contributed by atoms with Gasteiger partial charge in [-0.05, 0) is 45.2 Å². The molecule has 0 aliphatic heterocycles. The fourth-order valence-corrected chi connectivity index (χ4v) is 3.44. The zero-order valence-electron chi connectivity index (χ0n) is 15.9. The van der Waals surface area contributed by atoms with E-state index in [-0.39, 0.29) is 5.71 Å². The van der Waals surface area contributed by atoms with Crippen LogP contribution in [0, 0.1) is 26.7 Å². The van der Waals surface area contributed by atoms with Gasteiger partial charge in [0.05, 0.1) is 22.3 Å². The lowest BCUT2D eigenvalue weighted by atomic mass is 10.0. The first-order chi connectivity index (χ1) is 13.3. The second-order valence-electron chi connectivity index (χ2n) is 7.37. The van der Waals surface area contributed by atoms with Crippen molar-refractivity contribution in [1.29, 1.82) is 0 Å². The highest BCUT2D eigenvalue weighted by Crippen LogP contribution is 2.34. The van der Waals surface area contributed by atoms with Crippen molar-refractivity contribution < 1.29 is 23.6 Å². The SMILES string of the molecule is Cc1cc(-c2cc(C(=O)NC(CC3CC3)C(=O)O)c3c(C)noc3n2)c(C)o1. The maximum atomic E-state index is 13.0. The average molecular weight is 383 g/mol. The number of aryl methyl sites for hydroxylation is 3. The lowest BCUT2D eigenvalue weighted by Crippen LogP contribution is -2.41. The molecule has 0 saturated heterocycles. The molecule has 1 fully saturated rings. The van der Waals surface area contributed by atoms with E-state index in [4.69, 9.17) is 8.94 Å². The van der Waals surface area contributed by atoms with Gasteiger partial charge < -0.3 is 19.4 Å². The van der Waals surface area contributed by atoms with Crippen molar-refractivity contribution in [1.82, 2.24) is 15.5 Å². The first-order valence-corrected chi connectivity index (χ1v) is 9.21. The zero-order valence-corrected chi connectivity index (χ0v) is 15.9. The van der Waals surface area contributed by atoms with Crippen LogP contribution in [0.4, 0.5) is 0 Å². The number of aromatic nitrogens is 2. The number of nitrogens with zero attached hydrogens (tertiary/aromatic N) is 2. The van der Waals surface area contributed by atoms with Crippen LogP contribution in [-0.4, -0.2) is 33.2 Å². The normalized spacial score (nSPS) is 15.0. The van der Waals surface area contributed by atoms with Gasteiger partial charge in [-0.25, -0.2) is 9.78 Å². The Labute approximate surface area is 160 Å². The number of fused-ring (bicyclic) bond motifs is 1. The molecule has 2 N–H and O–H groups in total. The minimum atomic E-state index is -1.03. The van der Waals surface area contributed by atoms with Gasteiger partial charge in [0.1, 0.15) is 17.6 Å². The number of carboxylic acid groups (broad SMARTS) is 1. The summed E-state index contributed by atoms with van der Waals surface area (Å²) in [6, 6.07) is 2.54. The third-order valence-corrected chi connectivity index (χ3v) is 5.05. The van der Waals surface area contributed by atoms with Gasteiger partial charge in [-0.15, -0.1) is 0 Å². The molecule has 4 rings (SSSR count). The molecule has 0 radical (unpaired) electrons. The first-order valence-electron chi connectivity index (χ1n) is 9.21. The summed E-state index contributed by atoms with van der Waals surface area (Å²) in [5.74, 6) is 0.247. The maximum absolute atomic E-state index is 13.0. The van der Waals surface area contributed by atoms with Crippen molar-refractivity contribution in [2.75, 3.05) is 0 Å². The van der Waals surface area contributed by atoms with E-state index in [1.807, 2.05) is 19.9 Å². The minimum absolute atomic E-state index is 0.229. The largest absolute Gasteiger partial charge is 0.480 e. The van der Waals surface area contributed by atoms with Crippen LogP contribution in [0.5, 0.6) is 0 Å². The van der Waals surface area contributed by atoms with E-state index in [0.717, 1.165) is 24.2 Å². The highest BCUT2D eigenvalue weighted by molar-refractivity contribution is 6.08. The molecule has 1 aliphatic carbocycles. The van der Waals surface area contributed by atoms with Crippen molar-refractivity contribution in [2.45, 2.75) is 46.1 Å². The van der Waals surface area contributed by atoms with Crippen LogP contribution in [0.15, 0.2) is 21.1 Å². The number of aliphatic carboxylic acids is 1. The summed E-state index contributed by atoms with van der Waals surface area (Å²) >= 11 is 0. The van der Waals surface area contributed by atoms with Gasteiger partial charge in [-0.2, -0.15) is 0 Å². The number of carboxylic acids is 1. The Hall–Kier alpha value is -3.16. The number of carbonyl (C=O) groups is 2. The lowest BCUT2D eigenvalue weighted by molar-refractivity contribution is -0.139. The molecule has 8 heteroatoms. The van der Waals surface area contributed by atoms with E-state index in [1.54, 1.807) is 13.0 Å². The third-order valence-electron chi connectivity index (χ3n) is 5.05. The molecule has 3 aromatic rings. The summed E-state index contributed by atoms with van der Waals surface area (Å²) in [5.41, 5.74) is 2.30. The summed E-state index contributed by atoms with van der Waals surface area (Å²) in [6.45, 7) is 5.36. The zero-order chi connectivity index (χ0) is 20.0. The van der Waals surface area contributed by atoms with Crippen molar-refractivity contribution in [3.05, 3.63) is 34.9 Å². The van der Waals surface area contributed by atoms with Gasteiger partial charge >= 0.3 is 5.97 Å². The number of nitrogens with one attached hydrogen (secondary N) is 1. The number of hydrogen-bond donors (Lipinski definition) is 2. The van der Waals surface area contributed by atoms with Crippen LogP contribution in [0.25, 0.3) is 22.4 Å². The molecule has 146 valence electrons. The van der Waals surface area contributed by atoms with Crippen molar-refractivity contribution in [2.24, 2.45) is 5.92 Å². The van der Waals surface area contributed by atoms with Gasteiger partial charge in [0.2, 0.25) is 0 Å². The molecule has 8 nitrogen and oxygen atoms in total. The van der Waals surface area contributed by atoms with E-state index in [9.17, 15) is 14.7 Å². The Morgan fingerprint density at radius 2 is 2.04 bits per heavy atom. The Balaban J connectivity index is 1.75. The number of amides is 1. The molecule has 0 aromatic carbocycles. The van der Waals surface area contributed by atoms with Crippen molar-refractivity contribution in [3.8, 4) is 11.3 Å². The summed E-state index contributed by atoms with van der Waals surface area (Å²) in [4.78, 5) is 29.1. The van der Waals surface area contributed by atoms with Gasteiger partial charge in [0.15, 0.2) is 0 Å². The van der Waals surface area contributed by atoms with Crippen LogP contribution in [0.1, 0.15) is 46.8 Å². The number of carbonyl (C=O) groups excluding carboxylic acids is 1. The standard InChI is InChI=1S/C20H21N3O5/c1-9-6-13(11(3)27-9)15-8-14(17-10(2)23-28-19(17)22-15)18(24)21-16(20(25)26)7-12-4-5-12/h6,8,12,16H,4-5,7H2,1-3H3,(H,21,24)(H,25,26). The van der Waals surface area contributed by atoms with Crippen molar-refractivity contribution >= 4 is 23.0 Å². The lowest BCUT2D eigenvalue weighted by Gasteiger charge is -2.15. The first kappa shape index (κ1) is 18.2. The Kier molecular flexibility index (Phi) is 4.41. The van der Waals surface area contributed by atoms with Crippen LogP contribution < -0.4 is 5.32 Å². The molecule has 1 aliphatic rings. The number of hydrogen-bond acceptors (Lipinski definition) is 6. The van der Waals surface area contributed by atoms with Crippen LogP contribution in [0.3, 0.4) is 0 Å². The molecule has 1 atom stereocenters. The topological polar surface area (TPSA) is 118 Å². The van der Waals surface area contributed by atoms with E-state index in [2.05, 4.69) is 15.5 Å².